The van der Waals surface area contributed by atoms with Crippen molar-refractivity contribution < 1.29 is 22.9 Å². The van der Waals surface area contributed by atoms with E-state index >= 15 is 4.39 Å². The van der Waals surface area contributed by atoms with E-state index in [0.717, 1.165) is 41.4 Å². The number of nitrogens with one attached hydrogen (secondary N) is 1. The van der Waals surface area contributed by atoms with E-state index in [0.29, 0.717) is 18.5 Å². The summed E-state index contributed by atoms with van der Waals surface area (Å²) in [5.74, 6) is -1.68. The van der Waals surface area contributed by atoms with E-state index in [2.05, 4.69) is 9.62 Å². The second kappa shape index (κ2) is 8.08. The Morgan fingerprint density at radius 3 is 2.62 bits per heavy atom. The molecule has 0 spiro atoms. The number of hydrogen-bond acceptors (Lipinski definition) is 4. The van der Waals surface area contributed by atoms with Gasteiger partial charge in [-0.3, -0.25) is 18.7 Å². The Bertz CT molecular complexity index is 968. The molecule has 2 aromatic rings. The van der Waals surface area contributed by atoms with E-state index in [4.69, 9.17) is 0 Å². The summed E-state index contributed by atoms with van der Waals surface area (Å²) in [7, 11) is 0. The van der Waals surface area contributed by atoms with Gasteiger partial charge in [0.15, 0.2) is 5.82 Å². The highest BCUT2D eigenvalue weighted by Crippen LogP contribution is 2.38. The van der Waals surface area contributed by atoms with Gasteiger partial charge in [-0.15, -0.1) is 0 Å². The Hall–Kier alpha value is -2.52. The van der Waals surface area contributed by atoms with Crippen molar-refractivity contribution in [2.45, 2.75) is 25.8 Å². The normalized spacial score (nSPS) is 19.3. The number of hydrogen-bond donors (Lipinski definition) is 2. The molecule has 1 saturated heterocycles. The lowest BCUT2D eigenvalue weighted by Gasteiger charge is -2.30. The van der Waals surface area contributed by atoms with Gasteiger partial charge in [-0.05, 0) is 55.1 Å². The van der Waals surface area contributed by atoms with E-state index in [1.807, 2.05) is 0 Å². The molecule has 2 heterocycles. The molecule has 29 heavy (non-hydrogen) atoms. The number of fused-ring (bicyclic) bond motifs is 1. The Morgan fingerprint density at radius 1 is 1.17 bits per heavy atom. The lowest BCUT2D eigenvalue weighted by atomic mass is 9.97. The van der Waals surface area contributed by atoms with Crippen LogP contribution in [0.4, 0.5) is 14.5 Å². The molecule has 2 aliphatic rings. The van der Waals surface area contributed by atoms with Crippen LogP contribution in [0.2, 0.25) is 0 Å². The molecule has 1 atom stereocenters. The molecule has 154 valence electrons. The third kappa shape index (κ3) is 4.11. The first-order valence-electron chi connectivity index (χ1n) is 9.41. The Balaban J connectivity index is 1.46. The maximum absolute atomic E-state index is 15.2. The molecule has 9 heteroatoms. The van der Waals surface area contributed by atoms with E-state index in [1.54, 1.807) is 12.1 Å². The van der Waals surface area contributed by atoms with Gasteiger partial charge in [-0.2, -0.15) is 0 Å². The molecule has 0 radical (unpaired) electrons. The predicted octanol–water partition coefficient (Wildman–Crippen LogP) is 2.18. The number of phenols is 1. The number of carbonyl (C=O) groups excluding carboxylic acids is 1. The molecule has 2 N–H and O–H groups in total. The molecular weight excluding hydrogens is 400 g/mol. The molecule has 1 unspecified atom stereocenters. The maximum atomic E-state index is 15.2. The lowest BCUT2D eigenvalue weighted by molar-refractivity contribution is -0.117. The van der Waals surface area contributed by atoms with Gasteiger partial charge < -0.3 is 5.11 Å². The fourth-order valence-corrected chi connectivity index (χ4v) is 4.76. The van der Waals surface area contributed by atoms with Gasteiger partial charge in [0.25, 0.3) is 5.91 Å². The van der Waals surface area contributed by atoms with Crippen LogP contribution in [-0.2, 0) is 35.4 Å². The van der Waals surface area contributed by atoms with Crippen LogP contribution < -0.4 is 9.03 Å². The van der Waals surface area contributed by atoms with Crippen molar-refractivity contribution in [2.24, 2.45) is 0 Å². The minimum Gasteiger partial charge on any atom is -0.506 e. The summed E-state index contributed by atoms with van der Waals surface area (Å²) in [6, 6.07) is 7.92. The van der Waals surface area contributed by atoms with E-state index < -0.39 is 22.9 Å². The van der Waals surface area contributed by atoms with Crippen molar-refractivity contribution in [3.63, 3.8) is 0 Å². The molecule has 0 aromatic heterocycles. The number of halogens is 2. The molecule has 4 rings (SSSR count). The van der Waals surface area contributed by atoms with Crippen LogP contribution in [-0.4, -0.2) is 39.8 Å². The molecule has 0 bridgehead atoms. The number of phenolic OH excluding ortho intramolecular Hbond substituents is 1. The van der Waals surface area contributed by atoms with Crippen molar-refractivity contribution in [1.29, 1.82) is 0 Å². The first-order chi connectivity index (χ1) is 13.9. The van der Waals surface area contributed by atoms with Crippen molar-refractivity contribution in [2.75, 3.05) is 23.9 Å². The van der Waals surface area contributed by atoms with Crippen molar-refractivity contribution in [1.82, 2.24) is 9.62 Å². The minimum absolute atomic E-state index is 0.200. The zero-order valence-corrected chi connectivity index (χ0v) is 16.5. The SMILES string of the molecule is O=C1CN(c2c(O)cc3c(c2F)CN(CCCc2ccc(F)cc2)CC3)S(=O)N1. The van der Waals surface area contributed by atoms with Gasteiger partial charge in [0, 0.05) is 18.7 Å². The monoisotopic (exact) mass is 421 g/mol. The number of benzene rings is 2. The zero-order valence-electron chi connectivity index (χ0n) is 15.7. The fraction of sp³-hybridized carbons (Fsp3) is 0.350. The van der Waals surface area contributed by atoms with Crippen LogP contribution in [0.15, 0.2) is 30.3 Å². The number of aryl methyl sites for hydroxylation is 1. The fourth-order valence-electron chi connectivity index (χ4n) is 3.81. The first kappa shape index (κ1) is 19.8. The van der Waals surface area contributed by atoms with Gasteiger partial charge in [0.05, 0.1) is 0 Å². The van der Waals surface area contributed by atoms with Crippen molar-refractivity contribution >= 4 is 22.8 Å². The zero-order chi connectivity index (χ0) is 20.5. The van der Waals surface area contributed by atoms with E-state index in [-0.39, 0.29) is 23.8 Å². The van der Waals surface area contributed by atoms with Crippen molar-refractivity contribution in [3.8, 4) is 5.75 Å². The second-order valence-electron chi connectivity index (χ2n) is 7.26. The standard InChI is InChI=1S/C20H21F2N3O3S/c21-15-5-3-13(4-6-15)2-1-8-24-9-7-14-10-17(26)20(19(22)16(14)11-24)25-12-18(27)23-29(25)28/h3-6,10,26H,1-2,7-9,11-12H2,(H,23,27). The number of carbonyl (C=O) groups is 1. The highest BCUT2D eigenvalue weighted by molar-refractivity contribution is 7.85. The van der Waals surface area contributed by atoms with Crippen LogP contribution >= 0.6 is 0 Å². The average molecular weight is 421 g/mol. The van der Waals surface area contributed by atoms with E-state index in [1.165, 1.54) is 18.2 Å². The number of anilines is 1. The molecule has 6 nitrogen and oxygen atoms in total. The van der Waals surface area contributed by atoms with Crippen LogP contribution in [0, 0.1) is 11.6 Å². The largest absolute Gasteiger partial charge is 0.506 e. The van der Waals surface area contributed by atoms with Crippen LogP contribution in [0.3, 0.4) is 0 Å². The highest BCUT2D eigenvalue weighted by atomic mass is 32.2. The number of rotatable bonds is 5. The van der Waals surface area contributed by atoms with Gasteiger partial charge >= 0.3 is 0 Å². The molecule has 0 saturated carbocycles. The summed E-state index contributed by atoms with van der Waals surface area (Å²) < 4.78 is 43.5. The maximum Gasteiger partial charge on any atom is 0.253 e. The van der Waals surface area contributed by atoms with Crippen LogP contribution in [0.25, 0.3) is 0 Å². The number of nitrogens with zero attached hydrogens (tertiary/aromatic N) is 2. The highest BCUT2D eigenvalue weighted by Gasteiger charge is 2.34. The van der Waals surface area contributed by atoms with Crippen molar-refractivity contribution in [3.05, 3.63) is 58.7 Å². The molecule has 1 amide bonds. The summed E-state index contributed by atoms with van der Waals surface area (Å²) in [5, 5.41) is 10.3. The minimum atomic E-state index is -1.91. The molecule has 0 aliphatic carbocycles. The topological polar surface area (TPSA) is 72.9 Å². The smallest absolute Gasteiger partial charge is 0.253 e. The Morgan fingerprint density at radius 2 is 1.93 bits per heavy atom. The number of amides is 1. The van der Waals surface area contributed by atoms with E-state index in [9.17, 15) is 18.5 Å². The summed E-state index contributed by atoms with van der Waals surface area (Å²) in [6.07, 6.45) is 2.24. The lowest BCUT2D eigenvalue weighted by Crippen LogP contribution is -2.33. The third-order valence-electron chi connectivity index (χ3n) is 5.28. The van der Waals surface area contributed by atoms with Gasteiger partial charge in [-0.25, -0.2) is 13.0 Å². The summed E-state index contributed by atoms with van der Waals surface area (Å²) in [6.45, 7) is 1.60. The molecule has 2 aromatic carbocycles. The average Bonchev–Trinajstić information content (AvgIpc) is 3.01. The van der Waals surface area contributed by atoms with Gasteiger partial charge in [-0.1, -0.05) is 12.1 Å². The van der Waals surface area contributed by atoms with Gasteiger partial charge in [0.1, 0.15) is 23.8 Å². The number of aromatic hydroxyl groups is 1. The molecule has 2 aliphatic heterocycles. The molecule has 1 fully saturated rings. The third-order valence-corrected chi connectivity index (χ3v) is 6.40. The molecular formula is C20H21F2N3O3S. The quantitative estimate of drug-likeness (QED) is 0.776. The second-order valence-corrected chi connectivity index (χ2v) is 8.41. The Kier molecular flexibility index (Phi) is 5.51. The summed E-state index contributed by atoms with van der Waals surface area (Å²) in [5.41, 5.74) is 2.04. The van der Waals surface area contributed by atoms with Crippen LogP contribution in [0.1, 0.15) is 23.1 Å². The summed E-state index contributed by atoms with van der Waals surface area (Å²) >= 11 is -1.91. The van der Waals surface area contributed by atoms with Gasteiger partial charge in [0.2, 0.25) is 11.2 Å². The Labute approximate surface area is 169 Å². The van der Waals surface area contributed by atoms with Crippen LogP contribution in [0.5, 0.6) is 5.75 Å². The first-order valence-corrected chi connectivity index (χ1v) is 10.5. The summed E-state index contributed by atoms with van der Waals surface area (Å²) in [4.78, 5) is 13.6. The predicted molar refractivity (Wildman–Crippen MR) is 105 cm³/mol.